The maximum absolute atomic E-state index is 12.2. The van der Waals surface area contributed by atoms with E-state index in [9.17, 15) is 9.59 Å². The Hall–Kier alpha value is -2.16. The van der Waals surface area contributed by atoms with Crippen molar-refractivity contribution in [2.45, 2.75) is 25.7 Å². The number of benzene rings is 1. The number of rotatable bonds is 1. The fourth-order valence-electron chi connectivity index (χ4n) is 3.53. The zero-order valence-electron chi connectivity index (χ0n) is 11.1. The third kappa shape index (κ3) is 1.59. The van der Waals surface area contributed by atoms with Gasteiger partial charge in [0.1, 0.15) is 11.6 Å². The molecule has 0 saturated heterocycles. The number of Topliss-reactive ketones (excluding diaryl/α,β-unsaturated/α-hetero) is 2. The maximum Gasteiger partial charge on any atom is 0.147 e. The highest BCUT2D eigenvalue weighted by molar-refractivity contribution is 6.09. The zero-order valence-corrected chi connectivity index (χ0v) is 11.1. The quantitative estimate of drug-likeness (QED) is 0.806. The first-order valence-corrected chi connectivity index (χ1v) is 7.08. The van der Waals surface area contributed by atoms with Gasteiger partial charge in [0.2, 0.25) is 0 Å². The van der Waals surface area contributed by atoms with E-state index < -0.39 is 0 Å². The number of ketones is 2. The lowest BCUT2D eigenvalue weighted by Gasteiger charge is -2.22. The van der Waals surface area contributed by atoms with Gasteiger partial charge in [-0.2, -0.15) is 0 Å². The van der Waals surface area contributed by atoms with Crippen LogP contribution in [0, 0.1) is 5.92 Å². The molecular formula is C17H15NO2. The Bertz CT molecular complexity index is 766. The summed E-state index contributed by atoms with van der Waals surface area (Å²) in [5.41, 5.74) is 4.76. The molecule has 0 amide bonds. The molecule has 4 rings (SSSR count). The van der Waals surface area contributed by atoms with E-state index in [0.717, 1.165) is 17.5 Å². The number of hydrogen-bond acceptors (Lipinski definition) is 2. The molecule has 0 unspecified atom stereocenters. The summed E-state index contributed by atoms with van der Waals surface area (Å²) in [6, 6.07) is 6.30. The Morgan fingerprint density at radius 2 is 2.05 bits per heavy atom. The minimum atomic E-state index is -0.0885. The largest absolute Gasteiger partial charge is 0.361 e. The first-order chi connectivity index (χ1) is 9.74. The normalized spacial score (nSPS) is 22.2. The van der Waals surface area contributed by atoms with Crippen molar-refractivity contribution in [1.29, 1.82) is 0 Å². The van der Waals surface area contributed by atoms with Crippen molar-refractivity contribution in [2.75, 3.05) is 0 Å². The van der Waals surface area contributed by atoms with Crippen LogP contribution in [0.4, 0.5) is 0 Å². The number of carbonyl (C=O) groups is 2. The van der Waals surface area contributed by atoms with Gasteiger partial charge in [-0.05, 0) is 41.7 Å². The van der Waals surface area contributed by atoms with Crippen molar-refractivity contribution >= 4 is 28.0 Å². The Morgan fingerprint density at radius 1 is 1.15 bits per heavy atom. The topological polar surface area (TPSA) is 49.9 Å². The van der Waals surface area contributed by atoms with Crippen LogP contribution in [0.1, 0.15) is 30.4 Å². The number of carbonyl (C=O) groups excluding carboxylic acids is 2. The van der Waals surface area contributed by atoms with Gasteiger partial charge >= 0.3 is 0 Å². The molecule has 3 heteroatoms. The molecule has 1 N–H and O–H groups in total. The molecule has 0 aliphatic heterocycles. The highest BCUT2D eigenvalue weighted by atomic mass is 16.1. The number of hydrogen-bond donors (Lipinski definition) is 1. The van der Waals surface area contributed by atoms with Crippen molar-refractivity contribution < 1.29 is 9.59 Å². The molecule has 1 fully saturated rings. The molecule has 0 radical (unpaired) electrons. The van der Waals surface area contributed by atoms with Crippen LogP contribution in [0.2, 0.25) is 0 Å². The first-order valence-electron chi connectivity index (χ1n) is 7.08. The molecule has 1 aromatic heterocycles. The minimum absolute atomic E-state index is 0.0879. The lowest BCUT2D eigenvalue weighted by atomic mass is 9.79. The predicted molar refractivity (Wildman–Crippen MR) is 77.3 cm³/mol. The summed E-state index contributed by atoms with van der Waals surface area (Å²) in [4.78, 5) is 26.8. The average Bonchev–Trinajstić information content (AvgIpc) is 3.03. The van der Waals surface area contributed by atoms with Gasteiger partial charge in [0, 0.05) is 29.4 Å². The van der Waals surface area contributed by atoms with E-state index in [1.165, 1.54) is 16.5 Å². The summed E-state index contributed by atoms with van der Waals surface area (Å²) < 4.78 is 0. The standard InChI is InChI=1S/C17H15NO2/c19-11-3-5-12(16(20)9-11)13-4-1-10-2-6-15-14(17(10)13)7-8-18-15/h2,4,6-8,12,18H,1,3,5,9H2/t12-/m1/s1. The molecule has 0 spiro atoms. The summed E-state index contributed by atoms with van der Waals surface area (Å²) in [6.45, 7) is 0. The molecule has 20 heavy (non-hydrogen) atoms. The second-order valence-electron chi connectivity index (χ2n) is 5.68. The molecule has 2 aromatic rings. The van der Waals surface area contributed by atoms with Gasteiger partial charge in [0.05, 0.1) is 6.42 Å². The lowest BCUT2D eigenvalue weighted by molar-refractivity contribution is -0.131. The van der Waals surface area contributed by atoms with Gasteiger partial charge in [-0.25, -0.2) is 0 Å². The highest BCUT2D eigenvalue weighted by Crippen LogP contribution is 2.41. The van der Waals surface area contributed by atoms with Gasteiger partial charge in [-0.3, -0.25) is 9.59 Å². The number of allylic oxidation sites excluding steroid dienone is 2. The summed E-state index contributed by atoms with van der Waals surface area (Å²) in [6.07, 6.45) is 6.32. The lowest BCUT2D eigenvalue weighted by Crippen LogP contribution is -2.25. The number of fused-ring (bicyclic) bond motifs is 3. The summed E-state index contributed by atoms with van der Waals surface area (Å²) in [5.74, 6) is 0.0901. The predicted octanol–water partition coefficient (Wildman–Crippen LogP) is 3.05. The van der Waals surface area contributed by atoms with Gasteiger partial charge in [0.15, 0.2) is 0 Å². The smallest absolute Gasteiger partial charge is 0.147 e. The van der Waals surface area contributed by atoms with E-state index >= 15 is 0 Å². The highest BCUT2D eigenvalue weighted by Gasteiger charge is 2.33. The van der Waals surface area contributed by atoms with E-state index in [4.69, 9.17) is 0 Å². The van der Waals surface area contributed by atoms with Crippen LogP contribution < -0.4 is 0 Å². The molecular weight excluding hydrogens is 250 g/mol. The molecule has 0 bridgehead atoms. The molecule has 2 aliphatic carbocycles. The van der Waals surface area contributed by atoms with Crippen molar-refractivity contribution in [3.63, 3.8) is 0 Å². The molecule has 2 aliphatic rings. The fraction of sp³-hybridized carbons (Fsp3) is 0.294. The van der Waals surface area contributed by atoms with Crippen molar-refractivity contribution in [3.05, 3.63) is 41.6 Å². The van der Waals surface area contributed by atoms with Crippen molar-refractivity contribution in [3.8, 4) is 0 Å². The fourth-order valence-corrected chi connectivity index (χ4v) is 3.53. The van der Waals surface area contributed by atoms with E-state index in [1.54, 1.807) is 0 Å². The Kier molecular flexibility index (Phi) is 2.43. The summed E-state index contributed by atoms with van der Waals surface area (Å²) >= 11 is 0. The van der Waals surface area contributed by atoms with Crippen LogP contribution in [-0.4, -0.2) is 16.6 Å². The monoisotopic (exact) mass is 265 g/mol. The SMILES string of the molecule is O=C1CC[C@H](C2=CCc3ccc4[nH]ccc4c32)C(=O)C1. The van der Waals surface area contributed by atoms with Gasteiger partial charge < -0.3 is 4.98 Å². The molecule has 1 heterocycles. The van der Waals surface area contributed by atoms with E-state index in [1.807, 2.05) is 6.20 Å². The van der Waals surface area contributed by atoms with Gasteiger partial charge in [-0.15, -0.1) is 0 Å². The van der Waals surface area contributed by atoms with Crippen LogP contribution in [0.3, 0.4) is 0 Å². The van der Waals surface area contributed by atoms with Crippen LogP contribution in [0.15, 0.2) is 30.5 Å². The molecule has 1 aromatic carbocycles. The van der Waals surface area contributed by atoms with Crippen LogP contribution in [0.25, 0.3) is 16.5 Å². The number of nitrogens with one attached hydrogen (secondary N) is 1. The molecule has 1 saturated carbocycles. The Labute approximate surface area is 116 Å². The minimum Gasteiger partial charge on any atom is -0.361 e. The summed E-state index contributed by atoms with van der Waals surface area (Å²) in [5, 5.41) is 1.19. The van der Waals surface area contributed by atoms with Crippen molar-refractivity contribution in [1.82, 2.24) is 4.98 Å². The number of aromatic amines is 1. The third-order valence-corrected chi connectivity index (χ3v) is 4.50. The third-order valence-electron chi connectivity index (χ3n) is 4.50. The summed E-state index contributed by atoms with van der Waals surface area (Å²) in [7, 11) is 0. The van der Waals surface area contributed by atoms with Gasteiger partial charge in [0.25, 0.3) is 0 Å². The number of aromatic nitrogens is 1. The zero-order chi connectivity index (χ0) is 13.7. The molecule has 3 nitrogen and oxygen atoms in total. The maximum atomic E-state index is 12.2. The van der Waals surface area contributed by atoms with Crippen LogP contribution in [-0.2, 0) is 16.0 Å². The first kappa shape index (κ1) is 11.6. The Morgan fingerprint density at radius 3 is 2.90 bits per heavy atom. The molecule has 100 valence electrons. The average molecular weight is 265 g/mol. The molecule has 1 atom stereocenters. The van der Waals surface area contributed by atoms with E-state index in [0.29, 0.717) is 12.8 Å². The van der Waals surface area contributed by atoms with Crippen LogP contribution in [0.5, 0.6) is 0 Å². The van der Waals surface area contributed by atoms with E-state index in [2.05, 4.69) is 29.3 Å². The van der Waals surface area contributed by atoms with Gasteiger partial charge in [-0.1, -0.05) is 12.1 Å². The van der Waals surface area contributed by atoms with E-state index in [-0.39, 0.29) is 23.9 Å². The second kappa shape index (κ2) is 4.17. The van der Waals surface area contributed by atoms with Crippen LogP contribution >= 0.6 is 0 Å². The van der Waals surface area contributed by atoms with Crippen molar-refractivity contribution in [2.24, 2.45) is 5.92 Å². The number of H-pyrrole nitrogens is 1. The second-order valence-corrected chi connectivity index (χ2v) is 5.68. The Balaban J connectivity index is 1.82.